The summed E-state index contributed by atoms with van der Waals surface area (Å²) in [4.78, 5) is 46.4. The van der Waals surface area contributed by atoms with Crippen molar-refractivity contribution in [3.8, 4) is 47.7 Å². The maximum atomic E-state index is 12.0. The van der Waals surface area contributed by atoms with Crippen LogP contribution in [-0.2, 0) is 44.5 Å². The SMILES string of the molecule is C#CC(=O)OCC(O)COc1ccc2ccc(OCC(O)COC(=O)C#C)c(Cc3c(OCC(O)COC(=O)C(=C)C)ccc4ccc(OCC(O)COC(=O)C=C)cc34)c2c1. The van der Waals surface area contributed by atoms with Gasteiger partial charge in [0.2, 0.25) is 0 Å². The standard InChI is InChI=1S/C46H46O16/c1-6-43(51)59-24-31(47)20-55-35-13-9-29-11-15-41(57-22-33(49)26-61-45(53)8-3)39(37(29)17-35)19-40-38-18-36(56-21-32(48)25-60-44(52)7-2)14-10-30(38)12-16-42(40)58-23-34(50)27-62-46(54)28(4)5/h1,3,7,9-18,31-34,47-50H,2,4,19-27H2,5H3. The van der Waals surface area contributed by atoms with Gasteiger partial charge in [-0.05, 0) is 64.9 Å². The van der Waals surface area contributed by atoms with Gasteiger partial charge in [0.15, 0.2) is 0 Å². The fourth-order valence-corrected chi connectivity index (χ4v) is 5.58. The number of fused-ring (bicyclic) bond motifs is 2. The smallest absolute Gasteiger partial charge is 0.384 e. The van der Waals surface area contributed by atoms with Crippen molar-refractivity contribution < 1.29 is 77.5 Å². The van der Waals surface area contributed by atoms with E-state index in [-0.39, 0.29) is 57.4 Å². The van der Waals surface area contributed by atoms with E-state index in [4.69, 9.17) is 50.7 Å². The van der Waals surface area contributed by atoms with Crippen LogP contribution in [0.15, 0.2) is 85.5 Å². The number of esters is 4. The lowest BCUT2D eigenvalue weighted by molar-refractivity contribution is -0.142. The number of hydrogen-bond donors (Lipinski definition) is 4. The number of carbonyl (C=O) groups is 4. The predicted molar refractivity (Wildman–Crippen MR) is 223 cm³/mol. The fraction of sp³-hybridized carbons (Fsp3) is 0.304. The van der Waals surface area contributed by atoms with E-state index >= 15 is 0 Å². The summed E-state index contributed by atoms with van der Waals surface area (Å²) in [6, 6.07) is 17.2. The van der Waals surface area contributed by atoms with Crippen LogP contribution < -0.4 is 18.9 Å². The van der Waals surface area contributed by atoms with Gasteiger partial charge in [-0.1, -0.05) is 37.4 Å². The Labute approximate surface area is 357 Å². The van der Waals surface area contributed by atoms with Crippen LogP contribution in [0.5, 0.6) is 23.0 Å². The molecule has 4 atom stereocenters. The molecule has 0 spiro atoms. The number of ether oxygens (including phenoxy) is 8. The molecule has 0 bridgehead atoms. The molecule has 0 saturated carbocycles. The maximum Gasteiger partial charge on any atom is 0.384 e. The molecule has 0 amide bonds. The molecule has 0 radical (unpaired) electrons. The van der Waals surface area contributed by atoms with Gasteiger partial charge in [-0.15, -0.1) is 12.8 Å². The van der Waals surface area contributed by atoms with Crippen LogP contribution in [0.25, 0.3) is 21.5 Å². The Balaban J connectivity index is 1.78. The van der Waals surface area contributed by atoms with Gasteiger partial charge in [0.25, 0.3) is 0 Å². The van der Waals surface area contributed by atoms with Crippen LogP contribution in [0.4, 0.5) is 0 Å². The van der Waals surface area contributed by atoms with E-state index in [0.717, 1.165) is 16.8 Å². The van der Waals surface area contributed by atoms with Crippen molar-refractivity contribution in [2.75, 3.05) is 52.9 Å². The van der Waals surface area contributed by atoms with E-state index in [0.29, 0.717) is 39.1 Å². The molecule has 0 heterocycles. The van der Waals surface area contributed by atoms with E-state index in [1.165, 1.54) is 6.92 Å². The fourth-order valence-electron chi connectivity index (χ4n) is 5.58. The average molecular weight is 855 g/mol. The Bertz CT molecular complexity index is 2330. The van der Waals surface area contributed by atoms with Crippen molar-refractivity contribution in [2.45, 2.75) is 37.8 Å². The minimum Gasteiger partial charge on any atom is -0.491 e. The molecule has 62 heavy (non-hydrogen) atoms. The summed E-state index contributed by atoms with van der Waals surface area (Å²) in [7, 11) is 0. The Morgan fingerprint density at radius 2 is 0.984 bits per heavy atom. The Hall–Kier alpha value is -7.08. The van der Waals surface area contributed by atoms with Crippen molar-refractivity contribution in [1.29, 1.82) is 0 Å². The van der Waals surface area contributed by atoms with Gasteiger partial charge in [0.05, 0.1) is 0 Å². The van der Waals surface area contributed by atoms with Gasteiger partial charge >= 0.3 is 23.9 Å². The van der Waals surface area contributed by atoms with Gasteiger partial charge in [0, 0.05) is 41.0 Å². The minimum absolute atomic E-state index is 0.0555. The molecule has 4 aromatic rings. The van der Waals surface area contributed by atoms with E-state index in [1.54, 1.807) is 72.5 Å². The first kappa shape index (κ1) is 47.6. The molecular formula is C46H46O16. The minimum atomic E-state index is -1.28. The Morgan fingerprint density at radius 1 is 0.597 bits per heavy atom. The molecule has 4 rings (SSSR count). The maximum absolute atomic E-state index is 12.0. The molecule has 0 fully saturated rings. The van der Waals surface area contributed by atoms with Crippen LogP contribution in [-0.4, -0.2) is 122 Å². The summed E-state index contributed by atoms with van der Waals surface area (Å²) in [5, 5.41) is 44.8. The van der Waals surface area contributed by atoms with Crippen LogP contribution in [0.3, 0.4) is 0 Å². The molecular weight excluding hydrogens is 808 g/mol. The monoisotopic (exact) mass is 854 g/mol. The number of carbonyl (C=O) groups excluding carboxylic acids is 4. The largest absolute Gasteiger partial charge is 0.491 e. The molecule has 0 saturated heterocycles. The molecule has 0 aliphatic heterocycles. The van der Waals surface area contributed by atoms with Crippen molar-refractivity contribution in [1.82, 2.24) is 0 Å². The highest BCUT2D eigenvalue weighted by Crippen LogP contribution is 2.38. The van der Waals surface area contributed by atoms with Crippen molar-refractivity contribution in [3.63, 3.8) is 0 Å². The van der Waals surface area contributed by atoms with Crippen molar-refractivity contribution >= 4 is 45.4 Å². The summed E-state index contributed by atoms with van der Waals surface area (Å²) in [6.45, 7) is 5.66. The molecule has 4 aromatic carbocycles. The third-order valence-electron chi connectivity index (χ3n) is 8.61. The lowest BCUT2D eigenvalue weighted by Gasteiger charge is -2.21. The van der Waals surface area contributed by atoms with E-state index in [1.807, 2.05) is 0 Å². The summed E-state index contributed by atoms with van der Waals surface area (Å²) in [5.41, 5.74) is 1.25. The van der Waals surface area contributed by atoms with E-state index in [2.05, 4.69) is 13.2 Å². The van der Waals surface area contributed by atoms with Gasteiger partial charge in [-0.2, -0.15) is 0 Å². The van der Waals surface area contributed by atoms with Gasteiger partial charge < -0.3 is 58.3 Å². The summed E-state index contributed by atoms with van der Waals surface area (Å²) in [6.07, 6.45) is 6.24. The average Bonchev–Trinajstić information content (AvgIpc) is 3.28. The number of aliphatic hydroxyl groups is 4. The zero-order chi connectivity index (χ0) is 45.2. The predicted octanol–water partition coefficient (Wildman–Crippen LogP) is 2.74. The summed E-state index contributed by atoms with van der Waals surface area (Å²) >= 11 is 0. The Morgan fingerprint density at radius 3 is 1.39 bits per heavy atom. The first-order chi connectivity index (χ1) is 29.7. The van der Waals surface area contributed by atoms with Crippen LogP contribution in [0.2, 0.25) is 0 Å². The van der Waals surface area contributed by atoms with Crippen LogP contribution >= 0.6 is 0 Å². The zero-order valence-electron chi connectivity index (χ0n) is 33.8. The summed E-state index contributed by atoms with van der Waals surface area (Å²) in [5.74, 6) is 1.56. The van der Waals surface area contributed by atoms with Crippen LogP contribution in [0, 0.1) is 24.7 Å². The lowest BCUT2D eigenvalue weighted by Crippen LogP contribution is -2.25. The molecule has 4 unspecified atom stereocenters. The first-order valence-electron chi connectivity index (χ1n) is 18.9. The van der Waals surface area contributed by atoms with Crippen molar-refractivity contribution in [3.05, 3.63) is 96.6 Å². The second-order valence-electron chi connectivity index (χ2n) is 13.6. The lowest BCUT2D eigenvalue weighted by atomic mass is 9.93. The molecule has 0 aliphatic carbocycles. The van der Waals surface area contributed by atoms with Gasteiger partial charge in [0.1, 0.15) is 100 Å². The Kier molecular flexibility index (Phi) is 18.1. The third kappa shape index (κ3) is 14.6. The van der Waals surface area contributed by atoms with Crippen LogP contribution in [0.1, 0.15) is 18.1 Å². The van der Waals surface area contributed by atoms with Gasteiger partial charge in [-0.25, -0.2) is 19.2 Å². The second kappa shape index (κ2) is 23.6. The highest BCUT2D eigenvalue weighted by Gasteiger charge is 2.21. The molecule has 4 N–H and O–H groups in total. The quantitative estimate of drug-likeness (QED) is 0.0262. The second-order valence-corrected chi connectivity index (χ2v) is 13.6. The number of hydrogen-bond acceptors (Lipinski definition) is 16. The molecule has 16 nitrogen and oxygen atoms in total. The first-order valence-corrected chi connectivity index (χ1v) is 18.9. The molecule has 0 aromatic heterocycles. The number of terminal acetylenes is 2. The third-order valence-corrected chi connectivity index (χ3v) is 8.61. The summed E-state index contributed by atoms with van der Waals surface area (Å²) < 4.78 is 43.7. The number of benzene rings is 4. The van der Waals surface area contributed by atoms with E-state index < -0.39 is 61.5 Å². The topological polar surface area (TPSA) is 223 Å². The molecule has 326 valence electrons. The zero-order valence-corrected chi connectivity index (χ0v) is 33.8. The van der Waals surface area contributed by atoms with E-state index in [9.17, 15) is 39.6 Å². The number of aliphatic hydroxyl groups excluding tert-OH is 4. The highest BCUT2D eigenvalue weighted by atomic mass is 16.6. The van der Waals surface area contributed by atoms with Crippen molar-refractivity contribution in [2.24, 2.45) is 0 Å². The normalized spacial score (nSPS) is 12.6. The molecule has 0 aliphatic rings. The highest BCUT2D eigenvalue weighted by molar-refractivity contribution is 5.93. The number of rotatable bonds is 24. The van der Waals surface area contributed by atoms with Gasteiger partial charge in [-0.3, -0.25) is 0 Å². The molecule has 16 heteroatoms.